The third-order valence-corrected chi connectivity index (χ3v) is 7.23. The second-order valence-corrected chi connectivity index (χ2v) is 9.13. The number of sulfonamides is 1. The predicted octanol–water partition coefficient (Wildman–Crippen LogP) is 3.00. The number of hydrogen-bond donors (Lipinski definition) is 2. The van der Waals surface area contributed by atoms with Crippen LogP contribution in [0.4, 0.5) is 4.79 Å². The van der Waals surface area contributed by atoms with Crippen molar-refractivity contribution in [1.29, 1.82) is 0 Å². The van der Waals surface area contributed by atoms with Gasteiger partial charge < -0.3 is 10.6 Å². The van der Waals surface area contributed by atoms with Gasteiger partial charge in [-0.05, 0) is 23.4 Å². The van der Waals surface area contributed by atoms with Crippen LogP contribution in [0.2, 0.25) is 0 Å². The van der Waals surface area contributed by atoms with Crippen molar-refractivity contribution in [3.05, 3.63) is 58.3 Å². The Kier molecular flexibility index (Phi) is 8.27. The van der Waals surface area contributed by atoms with Gasteiger partial charge in [-0.2, -0.15) is 0 Å². The maximum absolute atomic E-state index is 12.3. The fourth-order valence-corrected chi connectivity index (χ4v) is 4.99. The van der Waals surface area contributed by atoms with Crippen molar-refractivity contribution in [1.82, 2.24) is 14.9 Å². The smallest absolute Gasteiger partial charge is 0.315 e. The van der Waals surface area contributed by atoms with E-state index in [0.717, 1.165) is 10.4 Å². The number of amides is 2. The normalized spacial score (nSPS) is 12.7. The summed E-state index contributed by atoms with van der Waals surface area (Å²) in [5.41, 5.74) is 1.13. The largest absolute Gasteiger partial charge is 0.337 e. The molecule has 2 N–H and O–H groups in total. The van der Waals surface area contributed by atoms with Crippen LogP contribution in [-0.4, -0.2) is 44.1 Å². The average molecular weight is 410 g/mol. The molecule has 0 saturated heterocycles. The first kappa shape index (κ1) is 21.4. The number of nitrogens with zero attached hydrogens (tertiary/aromatic N) is 1. The Labute approximate surface area is 165 Å². The number of benzene rings is 1. The van der Waals surface area contributed by atoms with Crippen molar-refractivity contribution < 1.29 is 13.2 Å². The number of thiophene rings is 1. The number of nitrogens with one attached hydrogen (secondary N) is 2. The number of rotatable bonds is 10. The summed E-state index contributed by atoms with van der Waals surface area (Å²) in [5, 5.41) is 7.61. The molecule has 1 aromatic heterocycles. The number of carbonyl (C=O) groups is 1. The zero-order valence-corrected chi connectivity index (χ0v) is 17.4. The van der Waals surface area contributed by atoms with Crippen LogP contribution in [0.5, 0.6) is 0 Å². The summed E-state index contributed by atoms with van der Waals surface area (Å²) in [7, 11) is -3.35. The molecule has 8 heteroatoms. The van der Waals surface area contributed by atoms with E-state index in [1.807, 2.05) is 47.8 Å². The fraction of sp³-hybridized carbons (Fsp3) is 0.421. The molecule has 2 aromatic rings. The second kappa shape index (κ2) is 10.4. The molecule has 2 rings (SSSR count). The van der Waals surface area contributed by atoms with Gasteiger partial charge in [0.1, 0.15) is 0 Å². The molecule has 0 spiro atoms. The van der Waals surface area contributed by atoms with E-state index < -0.39 is 10.0 Å². The van der Waals surface area contributed by atoms with E-state index in [1.54, 1.807) is 25.2 Å². The minimum Gasteiger partial charge on any atom is -0.337 e. The SMILES string of the molecule is CCN(CC)S(=O)(=O)CCNC(=O)NC(Cc1ccccc1)c1cccs1. The first-order valence-electron chi connectivity index (χ1n) is 9.05. The zero-order chi connectivity index (χ0) is 19.7. The van der Waals surface area contributed by atoms with Crippen molar-refractivity contribution >= 4 is 27.4 Å². The van der Waals surface area contributed by atoms with Gasteiger partial charge in [0.15, 0.2) is 0 Å². The molecule has 1 heterocycles. The van der Waals surface area contributed by atoms with Gasteiger partial charge in [0.25, 0.3) is 0 Å². The molecule has 1 atom stereocenters. The molecule has 2 amide bonds. The van der Waals surface area contributed by atoms with E-state index in [2.05, 4.69) is 10.6 Å². The summed E-state index contributed by atoms with van der Waals surface area (Å²) in [6.45, 7) is 4.55. The summed E-state index contributed by atoms with van der Waals surface area (Å²) >= 11 is 1.59. The standard InChI is InChI=1S/C19H27N3O3S2/c1-3-22(4-2)27(24,25)14-12-20-19(23)21-17(18-11-8-13-26-18)15-16-9-6-5-7-10-16/h5-11,13,17H,3-4,12,14-15H2,1-2H3,(H2,20,21,23). The van der Waals surface area contributed by atoms with Crippen molar-refractivity contribution in [2.24, 2.45) is 0 Å². The Morgan fingerprint density at radius 1 is 1.11 bits per heavy atom. The number of carbonyl (C=O) groups excluding carboxylic acids is 1. The molecule has 6 nitrogen and oxygen atoms in total. The van der Waals surface area contributed by atoms with Crippen LogP contribution in [0.3, 0.4) is 0 Å². The van der Waals surface area contributed by atoms with Gasteiger partial charge >= 0.3 is 6.03 Å². The van der Waals surface area contributed by atoms with Crippen molar-refractivity contribution in [3.63, 3.8) is 0 Å². The minimum absolute atomic E-state index is 0.0766. The molecule has 0 aliphatic rings. The summed E-state index contributed by atoms with van der Waals surface area (Å²) in [6, 6.07) is 13.4. The highest BCUT2D eigenvalue weighted by Crippen LogP contribution is 2.22. The van der Waals surface area contributed by atoms with Crippen molar-refractivity contribution in [3.8, 4) is 0 Å². The molecule has 148 valence electrons. The van der Waals surface area contributed by atoms with Crippen LogP contribution in [0.25, 0.3) is 0 Å². The van der Waals surface area contributed by atoms with Gasteiger partial charge in [0.05, 0.1) is 11.8 Å². The van der Waals surface area contributed by atoms with Crippen LogP contribution in [0.15, 0.2) is 47.8 Å². The van der Waals surface area contributed by atoms with E-state index >= 15 is 0 Å². The minimum atomic E-state index is -3.35. The van der Waals surface area contributed by atoms with E-state index in [9.17, 15) is 13.2 Å². The van der Waals surface area contributed by atoms with E-state index in [0.29, 0.717) is 19.5 Å². The molecule has 0 bridgehead atoms. The Balaban J connectivity index is 1.92. The average Bonchev–Trinajstić information content (AvgIpc) is 3.17. The second-order valence-electron chi connectivity index (χ2n) is 6.06. The molecule has 27 heavy (non-hydrogen) atoms. The number of hydrogen-bond acceptors (Lipinski definition) is 4. The highest BCUT2D eigenvalue weighted by molar-refractivity contribution is 7.89. The maximum Gasteiger partial charge on any atom is 0.315 e. The molecular formula is C19H27N3O3S2. The topological polar surface area (TPSA) is 78.5 Å². The van der Waals surface area contributed by atoms with Gasteiger partial charge in [-0.3, -0.25) is 0 Å². The van der Waals surface area contributed by atoms with Gasteiger partial charge in [-0.25, -0.2) is 17.5 Å². The lowest BCUT2D eigenvalue weighted by molar-refractivity contribution is 0.237. The van der Waals surface area contributed by atoms with Crippen molar-refractivity contribution in [2.75, 3.05) is 25.4 Å². The predicted molar refractivity (Wildman–Crippen MR) is 110 cm³/mol. The lowest BCUT2D eigenvalue weighted by Crippen LogP contribution is -2.42. The summed E-state index contributed by atoms with van der Waals surface area (Å²) in [5.74, 6) is -0.107. The molecular weight excluding hydrogens is 382 g/mol. The first-order valence-corrected chi connectivity index (χ1v) is 11.5. The Morgan fingerprint density at radius 2 is 1.81 bits per heavy atom. The van der Waals surface area contributed by atoms with Gasteiger partial charge in [-0.15, -0.1) is 11.3 Å². The third kappa shape index (κ3) is 6.64. The quantitative estimate of drug-likeness (QED) is 0.633. The molecule has 0 aliphatic heterocycles. The monoisotopic (exact) mass is 409 g/mol. The maximum atomic E-state index is 12.3. The highest BCUT2D eigenvalue weighted by atomic mass is 32.2. The molecule has 0 fully saturated rings. The first-order chi connectivity index (χ1) is 13.0. The zero-order valence-electron chi connectivity index (χ0n) is 15.7. The molecule has 1 unspecified atom stereocenters. The summed E-state index contributed by atoms with van der Waals surface area (Å²) in [4.78, 5) is 13.4. The van der Waals surface area contributed by atoms with Gasteiger partial charge in [0, 0.05) is 24.5 Å². The number of urea groups is 1. The van der Waals surface area contributed by atoms with E-state index in [4.69, 9.17) is 0 Å². The third-order valence-electron chi connectivity index (χ3n) is 4.22. The van der Waals surface area contributed by atoms with E-state index in [1.165, 1.54) is 4.31 Å². The fourth-order valence-electron chi connectivity index (χ4n) is 2.81. The van der Waals surface area contributed by atoms with Crippen LogP contribution in [-0.2, 0) is 16.4 Å². The van der Waals surface area contributed by atoms with Crippen LogP contribution in [0.1, 0.15) is 30.3 Å². The molecule has 1 aromatic carbocycles. The Hall–Kier alpha value is -1.90. The van der Waals surface area contributed by atoms with Gasteiger partial charge in [-0.1, -0.05) is 50.2 Å². The van der Waals surface area contributed by atoms with E-state index in [-0.39, 0.29) is 24.4 Å². The molecule has 0 saturated carbocycles. The van der Waals surface area contributed by atoms with Crippen LogP contribution < -0.4 is 10.6 Å². The van der Waals surface area contributed by atoms with Crippen molar-refractivity contribution in [2.45, 2.75) is 26.3 Å². The van der Waals surface area contributed by atoms with Gasteiger partial charge in [0.2, 0.25) is 10.0 Å². The Morgan fingerprint density at radius 3 is 2.41 bits per heavy atom. The summed E-state index contributed by atoms with van der Waals surface area (Å²) in [6.07, 6.45) is 0.673. The lowest BCUT2D eigenvalue weighted by Gasteiger charge is -2.20. The highest BCUT2D eigenvalue weighted by Gasteiger charge is 2.20. The molecule has 0 aliphatic carbocycles. The Bertz CT molecular complexity index is 789. The lowest BCUT2D eigenvalue weighted by atomic mass is 10.0. The van der Waals surface area contributed by atoms with Crippen LogP contribution in [0, 0.1) is 0 Å². The van der Waals surface area contributed by atoms with Crippen LogP contribution >= 0.6 is 11.3 Å². The molecule has 0 radical (unpaired) electrons. The summed E-state index contributed by atoms with van der Waals surface area (Å²) < 4.78 is 25.8.